The number of benzene rings is 2. The Labute approximate surface area is 166 Å². The minimum Gasteiger partial charge on any atom is -0.478 e. The summed E-state index contributed by atoms with van der Waals surface area (Å²) >= 11 is 6.04. The normalized spacial score (nSPS) is 10.6. The highest BCUT2D eigenvalue weighted by atomic mass is 79.9. The molecular formula is C18H16Br2F2O4. The van der Waals surface area contributed by atoms with Crippen LogP contribution in [0, 0.1) is 11.6 Å². The monoisotopic (exact) mass is 492 g/mol. The van der Waals surface area contributed by atoms with Gasteiger partial charge in [0.05, 0.1) is 11.1 Å². The fraction of sp³-hybridized carbons (Fsp3) is 0.222. The molecule has 4 nitrogen and oxygen atoms in total. The van der Waals surface area contributed by atoms with Gasteiger partial charge in [0.15, 0.2) is 0 Å². The number of rotatable bonds is 2. The van der Waals surface area contributed by atoms with Gasteiger partial charge in [0.2, 0.25) is 0 Å². The van der Waals surface area contributed by atoms with Crippen LogP contribution in [0.15, 0.2) is 45.3 Å². The molecule has 0 saturated carbocycles. The van der Waals surface area contributed by atoms with Gasteiger partial charge in [0, 0.05) is 8.95 Å². The molecular weight excluding hydrogens is 478 g/mol. The van der Waals surface area contributed by atoms with E-state index in [0.717, 1.165) is 12.1 Å². The van der Waals surface area contributed by atoms with E-state index in [-0.39, 0.29) is 10.0 Å². The molecule has 2 aromatic rings. The van der Waals surface area contributed by atoms with Gasteiger partial charge in [-0.2, -0.15) is 0 Å². The highest BCUT2D eigenvalue weighted by molar-refractivity contribution is 9.10. The molecule has 140 valence electrons. The molecule has 0 amide bonds. The van der Waals surface area contributed by atoms with Crippen molar-refractivity contribution in [2.45, 2.75) is 26.4 Å². The quantitative estimate of drug-likeness (QED) is 0.534. The van der Waals surface area contributed by atoms with Crippen LogP contribution in [-0.4, -0.2) is 22.6 Å². The van der Waals surface area contributed by atoms with E-state index in [1.807, 2.05) is 0 Å². The largest absolute Gasteiger partial charge is 0.478 e. The number of halogens is 4. The van der Waals surface area contributed by atoms with Crippen LogP contribution in [0.2, 0.25) is 0 Å². The third kappa shape index (κ3) is 7.21. The van der Waals surface area contributed by atoms with Crippen molar-refractivity contribution in [1.29, 1.82) is 0 Å². The Morgan fingerprint density at radius 1 is 0.923 bits per heavy atom. The van der Waals surface area contributed by atoms with E-state index in [9.17, 15) is 18.4 Å². The molecule has 1 N–H and O–H groups in total. The highest BCUT2D eigenvalue weighted by Crippen LogP contribution is 2.21. The van der Waals surface area contributed by atoms with Gasteiger partial charge in [-0.15, -0.1) is 0 Å². The van der Waals surface area contributed by atoms with Crippen molar-refractivity contribution < 1.29 is 28.2 Å². The highest BCUT2D eigenvalue weighted by Gasteiger charge is 2.19. The first-order valence-electron chi connectivity index (χ1n) is 7.27. The number of carboxylic acids is 1. The lowest BCUT2D eigenvalue weighted by Crippen LogP contribution is -2.24. The SMILES string of the molecule is CC(C)(C)OC(=O)c1ccc(F)cc1Br.O=C(O)c1ccc(F)cc1Br. The van der Waals surface area contributed by atoms with E-state index in [0.29, 0.717) is 10.0 Å². The molecule has 0 aliphatic rings. The number of hydrogen-bond donors (Lipinski definition) is 1. The number of carbonyl (C=O) groups is 2. The first-order chi connectivity index (χ1) is 11.9. The smallest absolute Gasteiger partial charge is 0.339 e. The average Bonchev–Trinajstić information content (AvgIpc) is 2.45. The van der Waals surface area contributed by atoms with Crippen molar-refractivity contribution >= 4 is 43.8 Å². The number of carboxylic acid groups (broad SMARTS) is 1. The van der Waals surface area contributed by atoms with Crippen molar-refractivity contribution in [1.82, 2.24) is 0 Å². The maximum absolute atomic E-state index is 12.8. The first kappa shape index (κ1) is 22.2. The van der Waals surface area contributed by atoms with Crippen LogP contribution in [-0.2, 0) is 4.74 Å². The molecule has 0 heterocycles. The van der Waals surface area contributed by atoms with Crippen LogP contribution < -0.4 is 0 Å². The molecule has 0 unspecified atom stereocenters. The molecule has 0 saturated heterocycles. The van der Waals surface area contributed by atoms with E-state index in [2.05, 4.69) is 31.9 Å². The zero-order valence-corrected chi connectivity index (χ0v) is 17.3. The topological polar surface area (TPSA) is 63.6 Å². The molecule has 0 aliphatic heterocycles. The Kier molecular flexibility index (Phi) is 7.89. The summed E-state index contributed by atoms with van der Waals surface area (Å²) in [4.78, 5) is 22.0. The Hall–Kier alpha value is -1.80. The molecule has 0 radical (unpaired) electrons. The molecule has 0 spiro atoms. The zero-order chi connectivity index (χ0) is 20.1. The van der Waals surface area contributed by atoms with Gasteiger partial charge in [-0.05, 0) is 89.0 Å². The molecule has 8 heteroatoms. The predicted molar refractivity (Wildman–Crippen MR) is 100 cm³/mol. The van der Waals surface area contributed by atoms with Crippen LogP contribution in [0.3, 0.4) is 0 Å². The van der Waals surface area contributed by atoms with Gasteiger partial charge >= 0.3 is 11.9 Å². The Morgan fingerprint density at radius 2 is 1.35 bits per heavy atom. The number of carbonyl (C=O) groups excluding carboxylic acids is 1. The zero-order valence-electron chi connectivity index (χ0n) is 14.1. The number of esters is 1. The molecule has 0 aromatic heterocycles. The summed E-state index contributed by atoms with van der Waals surface area (Å²) in [5, 5.41) is 8.50. The Balaban J connectivity index is 0.000000273. The number of ether oxygens (including phenoxy) is 1. The van der Waals surface area contributed by atoms with Gasteiger partial charge in [-0.1, -0.05) is 0 Å². The second kappa shape index (κ2) is 9.23. The van der Waals surface area contributed by atoms with Gasteiger partial charge in [-0.25, -0.2) is 18.4 Å². The van der Waals surface area contributed by atoms with Crippen molar-refractivity contribution in [3.63, 3.8) is 0 Å². The lowest BCUT2D eigenvalue weighted by atomic mass is 10.1. The van der Waals surface area contributed by atoms with E-state index in [1.165, 1.54) is 24.3 Å². The number of hydrogen-bond acceptors (Lipinski definition) is 3. The van der Waals surface area contributed by atoms with Crippen molar-refractivity contribution in [3.05, 3.63) is 68.1 Å². The van der Waals surface area contributed by atoms with Gasteiger partial charge < -0.3 is 9.84 Å². The molecule has 26 heavy (non-hydrogen) atoms. The lowest BCUT2D eigenvalue weighted by molar-refractivity contribution is 0.00682. The minimum absolute atomic E-state index is 0.0615. The summed E-state index contributed by atoms with van der Waals surface area (Å²) in [6.07, 6.45) is 0. The van der Waals surface area contributed by atoms with Crippen molar-refractivity contribution in [3.8, 4) is 0 Å². The van der Waals surface area contributed by atoms with Gasteiger partial charge in [0.1, 0.15) is 17.2 Å². The van der Waals surface area contributed by atoms with Crippen LogP contribution in [0.4, 0.5) is 8.78 Å². The third-order valence-electron chi connectivity index (χ3n) is 2.71. The summed E-state index contributed by atoms with van der Waals surface area (Å²) in [5.41, 5.74) is -0.164. The van der Waals surface area contributed by atoms with Crippen LogP contribution in [0.1, 0.15) is 41.5 Å². The van der Waals surface area contributed by atoms with E-state index < -0.39 is 29.2 Å². The molecule has 0 fully saturated rings. The minimum atomic E-state index is -1.07. The summed E-state index contributed by atoms with van der Waals surface area (Å²) in [5.74, 6) is -2.39. The van der Waals surface area contributed by atoms with Crippen LogP contribution in [0.25, 0.3) is 0 Å². The average molecular weight is 494 g/mol. The third-order valence-corrected chi connectivity index (χ3v) is 4.02. The molecule has 2 rings (SSSR count). The van der Waals surface area contributed by atoms with E-state index in [1.54, 1.807) is 20.8 Å². The molecule has 0 aliphatic carbocycles. The first-order valence-corrected chi connectivity index (χ1v) is 8.86. The summed E-state index contributed by atoms with van der Waals surface area (Å²) in [7, 11) is 0. The standard InChI is InChI=1S/C11H12BrFO2.C7H4BrFO2/c1-11(2,3)15-10(14)8-5-4-7(13)6-9(8)12;8-6-3-4(9)1-2-5(6)7(10)11/h4-6H,1-3H3;1-3H,(H,10,11). The van der Waals surface area contributed by atoms with Crippen molar-refractivity contribution in [2.24, 2.45) is 0 Å². The molecule has 2 aromatic carbocycles. The molecule has 0 atom stereocenters. The van der Waals surface area contributed by atoms with Gasteiger partial charge in [0.25, 0.3) is 0 Å². The fourth-order valence-electron chi connectivity index (χ4n) is 1.65. The van der Waals surface area contributed by atoms with E-state index >= 15 is 0 Å². The second-order valence-electron chi connectivity index (χ2n) is 6.06. The van der Waals surface area contributed by atoms with Crippen LogP contribution in [0.5, 0.6) is 0 Å². The van der Waals surface area contributed by atoms with Crippen molar-refractivity contribution in [2.75, 3.05) is 0 Å². The predicted octanol–water partition coefficient (Wildman–Crippen LogP) is 5.83. The summed E-state index contributed by atoms with van der Waals surface area (Å²) in [6.45, 7) is 5.34. The fourth-order valence-corrected chi connectivity index (χ4v) is 2.68. The maximum Gasteiger partial charge on any atom is 0.339 e. The molecule has 0 bridgehead atoms. The number of aromatic carboxylic acids is 1. The van der Waals surface area contributed by atoms with Gasteiger partial charge in [-0.3, -0.25) is 0 Å². The van der Waals surface area contributed by atoms with E-state index in [4.69, 9.17) is 9.84 Å². The van der Waals surface area contributed by atoms with Crippen LogP contribution >= 0.6 is 31.9 Å². The lowest BCUT2D eigenvalue weighted by Gasteiger charge is -2.19. The maximum atomic E-state index is 12.8. The Morgan fingerprint density at radius 3 is 1.69 bits per heavy atom. The summed E-state index contributed by atoms with van der Waals surface area (Å²) < 4.78 is 31.0. The Bertz CT molecular complexity index is 817. The second-order valence-corrected chi connectivity index (χ2v) is 7.76. The summed E-state index contributed by atoms with van der Waals surface area (Å²) in [6, 6.07) is 7.29.